The summed E-state index contributed by atoms with van der Waals surface area (Å²) in [5, 5.41) is 30.7. The van der Waals surface area contributed by atoms with E-state index in [4.69, 9.17) is 5.26 Å². The molecule has 0 bridgehead atoms. The Kier molecular flexibility index (Phi) is 32.4. The predicted octanol–water partition coefficient (Wildman–Crippen LogP) is 11.5. The number of nitrogens with zero attached hydrogens (tertiary/aromatic N) is 1. The molecule has 3 N–H and O–H groups in total. The fraction of sp³-hybridized carbons (Fsp3) is 0.950. The summed E-state index contributed by atoms with van der Waals surface area (Å²) in [4.78, 5) is 10.5. The minimum absolute atomic E-state index is 0.00479. The van der Waals surface area contributed by atoms with Crippen LogP contribution in [0.5, 0.6) is 0 Å². The van der Waals surface area contributed by atoms with Gasteiger partial charge >= 0.3 is 0 Å². The molecule has 1 amide bonds. The van der Waals surface area contributed by atoms with E-state index in [1.54, 1.807) is 6.92 Å². The molecule has 0 aliphatic carbocycles. The van der Waals surface area contributed by atoms with Crippen LogP contribution in [-0.4, -0.2) is 35.4 Å². The third-order valence-electron chi connectivity index (χ3n) is 8.32. The highest BCUT2D eigenvalue weighted by atomic mass is 16.3. The fourth-order valence-electron chi connectivity index (χ4n) is 5.29. The van der Waals surface area contributed by atoms with E-state index in [0.29, 0.717) is 17.3 Å². The largest absolute Gasteiger partial charge is 0.396 e. The molecular formula is C40H82N2O3. The summed E-state index contributed by atoms with van der Waals surface area (Å²) in [6, 6.07) is 2.14. The van der Waals surface area contributed by atoms with Crippen molar-refractivity contribution in [3.8, 4) is 6.07 Å². The van der Waals surface area contributed by atoms with E-state index < -0.39 is 0 Å². The van der Waals surface area contributed by atoms with Gasteiger partial charge in [-0.25, -0.2) is 0 Å². The van der Waals surface area contributed by atoms with E-state index in [9.17, 15) is 15.0 Å². The first kappa shape index (κ1) is 48.3. The maximum absolute atomic E-state index is 10.5. The van der Waals surface area contributed by atoms with E-state index >= 15 is 0 Å². The molecule has 0 aliphatic heterocycles. The Morgan fingerprint density at radius 3 is 1.47 bits per heavy atom. The van der Waals surface area contributed by atoms with E-state index in [1.165, 1.54) is 89.9 Å². The number of amides is 1. The Morgan fingerprint density at radius 2 is 1.11 bits per heavy atom. The Bertz CT molecular complexity index is 680. The van der Waals surface area contributed by atoms with Gasteiger partial charge < -0.3 is 15.5 Å². The molecule has 0 spiro atoms. The van der Waals surface area contributed by atoms with E-state index in [2.05, 4.69) is 80.6 Å². The van der Waals surface area contributed by atoms with Crippen molar-refractivity contribution in [1.82, 2.24) is 5.32 Å². The molecule has 5 nitrogen and oxygen atoms in total. The minimum Gasteiger partial charge on any atom is -0.396 e. The number of aliphatic hydroxyl groups is 2. The van der Waals surface area contributed by atoms with Crippen LogP contribution in [0.3, 0.4) is 0 Å². The summed E-state index contributed by atoms with van der Waals surface area (Å²) in [5.74, 6) is 0.0700. The highest BCUT2D eigenvalue weighted by molar-refractivity contribution is 5.72. The second-order valence-electron chi connectivity index (χ2n) is 16.8. The van der Waals surface area contributed by atoms with Crippen LogP contribution in [0.2, 0.25) is 0 Å². The first-order valence-electron chi connectivity index (χ1n) is 18.8. The van der Waals surface area contributed by atoms with E-state index in [-0.39, 0.29) is 30.0 Å². The van der Waals surface area contributed by atoms with Crippen molar-refractivity contribution in [2.24, 2.45) is 22.2 Å². The first-order chi connectivity index (χ1) is 20.9. The standard InChI is InChI=1S/C22H46O2.C10H21NO.C8H15N/c1-5-6-7-8-9-10-11-12-13-14-15-16-17-18-21(24)20(19-23)22(2,3)4;1-9(12)11-8-6-5-7-10(2,3)4;1-8(2,3)6-4-5-7-9/h20-21,23-24H,5-19H2,1-4H3;5-8H2,1-4H3,(H,11,12);4-6H2,1-3H3. The normalized spacial score (nSPS) is 13.1. The number of nitriles is 1. The van der Waals surface area contributed by atoms with Crippen molar-refractivity contribution in [1.29, 1.82) is 5.26 Å². The average Bonchev–Trinajstić information content (AvgIpc) is 2.90. The van der Waals surface area contributed by atoms with Crippen molar-refractivity contribution in [2.45, 2.75) is 211 Å². The highest BCUT2D eigenvalue weighted by Gasteiger charge is 2.30. The van der Waals surface area contributed by atoms with Crippen molar-refractivity contribution >= 4 is 5.91 Å². The molecule has 0 rings (SSSR count). The molecule has 0 aromatic heterocycles. The number of hydrogen-bond acceptors (Lipinski definition) is 4. The lowest BCUT2D eigenvalue weighted by atomic mass is 9.76. The van der Waals surface area contributed by atoms with Crippen molar-refractivity contribution < 1.29 is 15.0 Å². The zero-order valence-corrected chi connectivity index (χ0v) is 32.5. The van der Waals surface area contributed by atoms with Crippen LogP contribution >= 0.6 is 0 Å². The first-order valence-corrected chi connectivity index (χ1v) is 18.8. The predicted molar refractivity (Wildman–Crippen MR) is 197 cm³/mol. The summed E-state index contributed by atoms with van der Waals surface area (Å²) in [5.41, 5.74) is 0.803. The van der Waals surface area contributed by atoms with Gasteiger partial charge in [-0.3, -0.25) is 4.79 Å². The lowest BCUT2D eigenvalue weighted by Gasteiger charge is -2.33. The Hall–Kier alpha value is -1.12. The van der Waals surface area contributed by atoms with Gasteiger partial charge in [-0.2, -0.15) is 5.26 Å². The van der Waals surface area contributed by atoms with Gasteiger partial charge in [-0.1, -0.05) is 159 Å². The molecule has 0 aromatic carbocycles. The van der Waals surface area contributed by atoms with Crippen molar-refractivity contribution in [3.63, 3.8) is 0 Å². The number of hydrogen-bond donors (Lipinski definition) is 3. The van der Waals surface area contributed by atoms with Crippen LogP contribution in [0.15, 0.2) is 0 Å². The molecule has 5 heteroatoms. The molecule has 2 unspecified atom stereocenters. The summed E-state index contributed by atoms with van der Waals surface area (Å²) in [6.07, 6.45) is 24.5. The van der Waals surface area contributed by atoms with Crippen molar-refractivity contribution in [2.75, 3.05) is 13.2 Å². The molecule has 0 fully saturated rings. The van der Waals surface area contributed by atoms with Gasteiger partial charge in [-0.15, -0.1) is 0 Å². The SMILES string of the molecule is CC(=O)NCCCCC(C)(C)C.CC(C)(C)CCCC#N.CCCCCCCCCCCCCCCC(O)C(CO)C(C)(C)C. The lowest BCUT2D eigenvalue weighted by Crippen LogP contribution is -2.35. The van der Waals surface area contributed by atoms with Gasteiger partial charge in [0.15, 0.2) is 0 Å². The molecule has 0 aromatic rings. The monoisotopic (exact) mass is 639 g/mol. The van der Waals surface area contributed by atoms with E-state index in [0.717, 1.165) is 38.6 Å². The Balaban J connectivity index is -0.000000693. The van der Waals surface area contributed by atoms with Crippen LogP contribution < -0.4 is 5.32 Å². The molecule has 0 saturated carbocycles. The highest BCUT2D eigenvalue weighted by Crippen LogP contribution is 2.30. The lowest BCUT2D eigenvalue weighted by molar-refractivity contribution is -0.118. The Morgan fingerprint density at radius 1 is 0.689 bits per heavy atom. The van der Waals surface area contributed by atoms with Crippen LogP contribution in [-0.2, 0) is 4.79 Å². The molecule has 45 heavy (non-hydrogen) atoms. The minimum atomic E-state index is -0.359. The maximum Gasteiger partial charge on any atom is 0.216 e. The van der Waals surface area contributed by atoms with Crippen LogP contribution in [0.4, 0.5) is 0 Å². The molecular weight excluding hydrogens is 556 g/mol. The zero-order valence-electron chi connectivity index (χ0n) is 32.5. The zero-order chi connectivity index (χ0) is 35.2. The second kappa shape index (κ2) is 30.2. The molecule has 270 valence electrons. The number of rotatable bonds is 22. The van der Waals surface area contributed by atoms with Gasteiger partial charge in [0.1, 0.15) is 0 Å². The quantitative estimate of drug-likeness (QED) is 0.103. The third kappa shape index (κ3) is 42.9. The molecule has 0 heterocycles. The topological polar surface area (TPSA) is 93.4 Å². The van der Waals surface area contributed by atoms with E-state index in [1.807, 2.05) is 0 Å². The third-order valence-corrected chi connectivity index (χ3v) is 8.32. The smallest absolute Gasteiger partial charge is 0.216 e. The van der Waals surface area contributed by atoms with Crippen molar-refractivity contribution in [3.05, 3.63) is 0 Å². The second-order valence-corrected chi connectivity index (χ2v) is 16.8. The summed E-state index contributed by atoms with van der Waals surface area (Å²) in [6.45, 7) is 24.4. The van der Waals surface area contributed by atoms with Gasteiger partial charge in [-0.05, 0) is 48.3 Å². The van der Waals surface area contributed by atoms with Crippen LogP contribution in [0.1, 0.15) is 205 Å². The summed E-state index contributed by atoms with van der Waals surface area (Å²) >= 11 is 0. The Labute approximate surface area is 283 Å². The number of carbonyl (C=O) groups excluding carboxylic acids is 1. The van der Waals surface area contributed by atoms with Crippen LogP contribution in [0.25, 0.3) is 0 Å². The fourth-order valence-corrected chi connectivity index (χ4v) is 5.29. The summed E-state index contributed by atoms with van der Waals surface area (Å²) in [7, 11) is 0. The van der Waals surface area contributed by atoms with Crippen LogP contribution in [0, 0.1) is 33.5 Å². The number of carbonyl (C=O) groups is 1. The number of nitrogens with one attached hydrogen (secondary N) is 1. The van der Waals surface area contributed by atoms with Gasteiger partial charge in [0, 0.05) is 32.4 Å². The van der Waals surface area contributed by atoms with Gasteiger partial charge in [0.05, 0.1) is 12.2 Å². The molecule has 0 aliphatic rings. The molecule has 2 atom stereocenters. The maximum atomic E-state index is 10.5. The number of aliphatic hydroxyl groups excluding tert-OH is 2. The van der Waals surface area contributed by atoms with Gasteiger partial charge in [0.2, 0.25) is 5.91 Å². The average molecular weight is 639 g/mol. The number of unbranched alkanes of at least 4 members (excludes halogenated alkanes) is 14. The molecule has 0 radical (unpaired) electrons. The summed E-state index contributed by atoms with van der Waals surface area (Å²) < 4.78 is 0. The van der Waals surface area contributed by atoms with Gasteiger partial charge in [0.25, 0.3) is 0 Å². The molecule has 0 saturated heterocycles.